The molecule has 0 spiro atoms. The number of hydrogen-bond donors (Lipinski definition) is 0. The summed E-state index contributed by atoms with van der Waals surface area (Å²) >= 11 is 0. The van der Waals surface area contributed by atoms with Crippen molar-refractivity contribution in [2.45, 2.75) is 27.7 Å². The Labute approximate surface area is 154 Å². The molecule has 2 aromatic carbocycles. The van der Waals surface area contributed by atoms with Crippen LogP contribution >= 0.6 is 0 Å². The quantitative estimate of drug-likeness (QED) is 0.610. The van der Waals surface area contributed by atoms with Crippen LogP contribution in [0.3, 0.4) is 0 Å². The number of nitrogens with zero attached hydrogens (tertiary/aromatic N) is 2. The lowest BCUT2D eigenvalue weighted by atomic mass is 10.1. The normalized spacial score (nSPS) is 11.5. The van der Waals surface area contributed by atoms with E-state index in [1.54, 1.807) is 0 Å². The van der Waals surface area contributed by atoms with Gasteiger partial charge in [-0.15, -0.1) is 0 Å². The largest absolute Gasteiger partial charge is 0.436 e. The van der Waals surface area contributed by atoms with Gasteiger partial charge in [-0.3, -0.25) is 4.79 Å². The molecule has 1 heterocycles. The Morgan fingerprint density at radius 1 is 0.962 bits per heavy atom. The van der Waals surface area contributed by atoms with Gasteiger partial charge in [0, 0.05) is 24.2 Å². The van der Waals surface area contributed by atoms with Crippen molar-refractivity contribution in [3.8, 4) is 11.5 Å². The minimum atomic E-state index is 0.0801. The van der Waals surface area contributed by atoms with Gasteiger partial charge in [0.15, 0.2) is 5.58 Å². The minimum Gasteiger partial charge on any atom is -0.436 e. The van der Waals surface area contributed by atoms with Crippen LogP contribution in [0.1, 0.15) is 38.1 Å². The van der Waals surface area contributed by atoms with Gasteiger partial charge < -0.3 is 9.32 Å². The molecule has 0 bridgehead atoms. The number of fused-ring (bicyclic) bond motifs is 1. The van der Waals surface area contributed by atoms with Crippen LogP contribution < -0.4 is 0 Å². The van der Waals surface area contributed by atoms with Crippen molar-refractivity contribution in [1.82, 2.24) is 9.88 Å². The van der Waals surface area contributed by atoms with E-state index in [0.29, 0.717) is 23.3 Å². The van der Waals surface area contributed by atoms with Gasteiger partial charge in [-0.2, -0.15) is 0 Å². The van der Waals surface area contributed by atoms with E-state index >= 15 is 0 Å². The number of hydrogen-bond acceptors (Lipinski definition) is 3. The average molecular weight is 350 g/mol. The molecule has 1 aromatic heterocycles. The summed E-state index contributed by atoms with van der Waals surface area (Å²) in [6.07, 6.45) is 0. The standard InChI is InChI=1S/C22H26N2O2/c1-15(2)13-24(14-16(3)4)22(25)18-11-9-17(10-12-18)21-23-19-7-5-6-8-20(19)26-21/h5-12,15-16H,13-14H2,1-4H3. The summed E-state index contributed by atoms with van der Waals surface area (Å²) in [6, 6.07) is 15.2. The fourth-order valence-electron chi connectivity index (χ4n) is 3.06. The Morgan fingerprint density at radius 2 is 1.58 bits per heavy atom. The number of benzene rings is 2. The zero-order valence-electron chi connectivity index (χ0n) is 15.9. The van der Waals surface area contributed by atoms with Gasteiger partial charge in [-0.1, -0.05) is 39.8 Å². The van der Waals surface area contributed by atoms with Crippen molar-refractivity contribution < 1.29 is 9.21 Å². The lowest BCUT2D eigenvalue weighted by Crippen LogP contribution is -2.37. The fourth-order valence-corrected chi connectivity index (χ4v) is 3.06. The second-order valence-corrected chi connectivity index (χ2v) is 7.56. The smallest absolute Gasteiger partial charge is 0.253 e. The molecule has 4 nitrogen and oxygen atoms in total. The van der Waals surface area contributed by atoms with Gasteiger partial charge in [0.1, 0.15) is 5.52 Å². The van der Waals surface area contributed by atoms with E-state index in [2.05, 4.69) is 32.7 Å². The molecule has 0 aliphatic heterocycles. The van der Waals surface area contributed by atoms with Gasteiger partial charge in [-0.05, 0) is 48.2 Å². The molecule has 26 heavy (non-hydrogen) atoms. The Hall–Kier alpha value is -2.62. The highest BCUT2D eigenvalue weighted by Crippen LogP contribution is 2.24. The molecule has 0 unspecified atom stereocenters. The van der Waals surface area contributed by atoms with Gasteiger partial charge >= 0.3 is 0 Å². The van der Waals surface area contributed by atoms with Crippen LogP contribution in [0.4, 0.5) is 0 Å². The van der Waals surface area contributed by atoms with Crippen LogP contribution in [0.5, 0.6) is 0 Å². The van der Waals surface area contributed by atoms with E-state index in [9.17, 15) is 4.79 Å². The number of amides is 1. The van der Waals surface area contributed by atoms with Crippen LogP contribution in [0, 0.1) is 11.8 Å². The maximum absolute atomic E-state index is 12.9. The van der Waals surface area contributed by atoms with Crippen molar-refractivity contribution >= 4 is 17.0 Å². The molecule has 4 heteroatoms. The molecule has 136 valence electrons. The second kappa shape index (κ2) is 7.73. The number of carbonyl (C=O) groups is 1. The van der Waals surface area contributed by atoms with Crippen molar-refractivity contribution in [3.05, 3.63) is 54.1 Å². The van der Waals surface area contributed by atoms with Gasteiger partial charge in [-0.25, -0.2) is 4.98 Å². The Bertz CT molecular complexity index is 836. The summed E-state index contributed by atoms with van der Waals surface area (Å²) in [5, 5.41) is 0. The summed E-state index contributed by atoms with van der Waals surface area (Å²) in [5.41, 5.74) is 3.17. The zero-order chi connectivity index (χ0) is 18.7. The maximum Gasteiger partial charge on any atom is 0.253 e. The lowest BCUT2D eigenvalue weighted by molar-refractivity contribution is 0.0715. The molecular weight excluding hydrogens is 324 g/mol. The van der Waals surface area contributed by atoms with E-state index in [0.717, 1.165) is 29.8 Å². The average Bonchev–Trinajstić information content (AvgIpc) is 3.04. The van der Waals surface area contributed by atoms with Crippen LogP contribution in [-0.4, -0.2) is 28.9 Å². The summed E-state index contributed by atoms with van der Waals surface area (Å²) in [5.74, 6) is 1.54. The molecule has 0 aliphatic rings. The first-order chi connectivity index (χ1) is 12.4. The third-order valence-electron chi connectivity index (χ3n) is 4.13. The molecule has 1 amide bonds. The highest BCUT2D eigenvalue weighted by Gasteiger charge is 2.18. The topological polar surface area (TPSA) is 46.3 Å². The first-order valence-electron chi connectivity index (χ1n) is 9.19. The fraction of sp³-hybridized carbons (Fsp3) is 0.364. The number of rotatable bonds is 6. The number of aromatic nitrogens is 1. The molecule has 0 radical (unpaired) electrons. The van der Waals surface area contributed by atoms with Crippen LogP contribution in [0.15, 0.2) is 52.9 Å². The van der Waals surface area contributed by atoms with Crippen LogP contribution in [0.2, 0.25) is 0 Å². The van der Waals surface area contributed by atoms with Crippen LogP contribution in [-0.2, 0) is 0 Å². The summed E-state index contributed by atoms with van der Waals surface area (Å²) in [4.78, 5) is 19.3. The molecule has 0 saturated carbocycles. The third-order valence-corrected chi connectivity index (χ3v) is 4.13. The van der Waals surface area contributed by atoms with Crippen LogP contribution in [0.25, 0.3) is 22.6 Å². The van der Waals surface area contributed by atoms with Gasteiger partial charge in [0.05, 0.1) is 0 Å². The molecule has 3 aromatic rings. The molecular formula is C22H26N2O2. The summed E-state index contributed by atoms with van der Waals surface area (Å²) < 4.78 is 5.80. The molecule has 0 saturated heterocycles. The van der Waals surface area contributed by atoms with E-state index in [-0.39, 0.29) is 5.91 Å². The van der Waals surface area contributed by atoms with Gasteiger partial charge in [0.2, 0.25) is 5.89 Å². The van der Waals surface area contributed by atoms with E-state index in [1.165, 1.54) is 0 Å². The minimum absolute atomic E-state index is 0.0801. The number of oxazole rings is 1. The lowest BCUT2D eigenvalue weighted by Gasteiger charge is -2.26. The first-order valence-corrected chi connectivity index (χ1v) is 9.19. The first kappa shape index (κ1) is 18.2. The van der Waals surface area contributed by atoms with E-state index < -0.39 is 0 Å². The number of para-hydroxylation sites is 2. The van der Waals surface area contributed by atoms with Crippen molar-refractivity contribution in [1.29, 1.82) is 0 Å². The monoisotopic (exact) mass is 350 g/mol. The molecule has 0 N–H and O–H groups in total. The predicted octanol–water partition coefficient (Wildman–Crippen LogP) is 5.25. The zero-order valence-corrected chi connectivity index (χ0v) is 15.9. The molecule has 0 atom stereocenters. The SMILES string of the molecule is CC(C)CN(CC(C)C)C(=O)c1ccc(-c2nc3ccccc3o2)cc1. The maximum atomic E-state index is 12.9. The molecule has 0 aliphatic carbocycles. The van der Waals surface area contributed by atoms with E-state index in [4.69, 9.17) is 4.42 Å². The third kappa shape index (κ3) is 4.13. The highest BCUT2D eigenvalue weighted by molar-refractivity contribution is 5.94. The molecule has 0 fully saturated rings. The Balaban J connectivity index is 1.82. The van der Waals surface area contributed by atoms with E-state index in [1.807, 2.05) is 53.4 Å². The number of carbonyl (C=O) groups excluding carboxylic acids is 1. The second-order valence-electron chi connectivity index (χ2n) is 7.56. The Morgan fingerprint density at radius 3 is 2.15 bits per heavy atom. The van der Waals surface area contributed by atoms with Gasteiger partial charge in [0.25, 0.3) is 5.91 Å². The highest BCUT2D eigenvalue weighted by atomic mass is 16.3. The van der Waals surface area contributed by atoms with Crippen molar-refractivity contribution in [3.63, 3.8) is 0 Å². The predicted molar refractivity (Wildman–Crippen MR) is 105 cm³/mol. The molecule has 3 rings (SSSR count). The summed E-state index contributed by atoms with van der Waals surface area (Å²) in [6.45, 7) is 10.1. The Kier molecular flexibility index (Phi) is 5.40. The van der Waals surface area contributed by atoms with Crippen molar-refractivity contribution in [2.75, 3.05) is 13.1 Å². The van der Waals surface area contributed by atoms with Crippen molar-refractivity contribution in [2.24, 2.45) is 11.8 Å². The summed E-state index contributed by atoms with van der Waals surface area (Å²) in [7, 11) is 0.